The van der Waals surface area contributed by atoms with Crippen LogP contribution < -0.4 is 11.2 Å². The third-order valence-electron chi connectivity index (χ3n) is 3.82. The molecule has 3 aromatic rings. The standard InChI is InChI=1S/C16H16N4O4S/c1-18-13-12(14(23)19(2)16(18)24)20(8-10-6-4-3-5-7-10)15(17-13)25-9-11(21)22/h3-7H,8-9H2,1-2H3,(H,21,22). The maximum atomic E-state index is 12.6. The molecule has 0 bridgehead atoms. The maximum Gasteiger partial charge on any atom is 0.332 e. The van der Waals surface area contributed by atoms with Crippen molar-refractivity contribution in [2.24, 2.45) is 14.1 Å². The van der Waals surface area contributed by atoms with E-state index in [-0.39, 0.29) is 16.9 Å². The van der Waals surface area contributed by atoms with E-state index < -0.39 is 17.2 Å². The molecule has 130 valence electrons. The minimum atomic E-state index is -0.981. The van der Waals surface area contributed by atoms with Gasteiger partial charge < -0.3 is 9.67 Å². The second-order valence-electron chi connectivity index (χ2n) is 5.53. The molecule has 2 aromatic heterocycles. The van der Waals surface area contributed by atoms with Gasteiger partial charge in [0.1, 0.15) is 0 Å². The van der Waals surface area contributed by atoms with Gasteiger partial charge in [0.25, 0.3) is 5.56 Å². The van der Waals surface area contributed by atoms with E-state index in [0.29, 0.717) is 11.7 Å². The predicted octanol–water partition coefficient (Wildman–Crippen LogP) is 0.659. The number of aryl methyl sites for hydroxylation is 1. The molecule has 25 heavy (non-hydrogen) atoms. The lowest BCUT2D eigenvalue weighted by Gasteiger charge is -2.09. The number of benzene rings is 1. The van der Waals surface area contributed by atoms with Crippen molar-refractivity contribution < 1.29 is 9.90 Å². The summed E-state index contributed by atoms with van der Waals surface area (Å²) in [6.07, 6.45) is 0. The molecule has 0 aliphatic rings. The summed E-state index contributed by atoms with van der Waals surface area (Å²) in [6, 6.07) is 9.46. The van der Waals surface area contributed by atoms with Crippen molar-refractivity contribution in [3.63, 3.8) is 0 Å². The largest absolute Gasteiger partial charge is 0.481 e. The van der Waals surface area contributed by atoms with Crippen molar-refractivity contribution in [1.82, 2.24) is 18.7 Å². The van der Waals surface area contributed by atoms with Gasteiger partial charge in [0.15, 0.2) is 16.3 Å². The van der Waals surface area contributed by atoms with E-state index >= 15 is 0 Å². The van der Waals surface area contributed by atoms with Gasteiger partial charge in [-0.05, 0) is 5.56 Å². The molecule has 0 unspecified atom stereocenters. The molecule has 0 aliphatic carbocycles. The molecule has 9 heteroatoms. The molecular weight excluding hydrogens is 344 g/mol. The van der Waals surface area contributed by atoms with Crippen molar-refractivity contribution >= 4 is 28.9 Å². The number of nitrogens with zero attached hydrogens (tertiary/aromatic N) is 4. The van der Waals surface area contributed by atoms with Gasteiger partial charge in [-0.15, -0.1) is 0 Å². The Labute approximate surface area is 146 Å². The zero-order chi connectivity index (χ0) is 18.1. The number of hydrogen-bond donors (Lipinski definition) is 1. The number of fused-ring (bicyclic) bond motifs is 1. The van der Waals surface area contributed by atoms with E-state index in [2.05, 4.69) is 4.98 Å². The summed E-state index contributed by atoms with van der Waals surface area (Å²) in [5, 5.41) is 9.34. The van der Waals surface area contributed by atoms with Crippen LogP contribution in [0.25, 0.3) is 11.2 Å². The molecule has 0 saturated heterocycles. The molecule has 0 aliphatic heterocycles. The summed E-state index contributed by atoms with van der Waals surface area (Å²) in [6.45, 7) is 0.354. The van der Waals surface area contributed by atoms with Crippen LogP contribution in [-0.4, -0.2) is 35.5 Å². The van der Waals surface area contributed by atoms with E-state index in [1.165, 1.54) is 18.7 Å². The van der Waals surface area contributed by atoms with Gasteiger partial charge in [-0.3, -0.25) is 18.7 Å². The van der Waals surface area contributed by atoms with Gasteiger partial charge >= 0.3 is 11.7 Å². The first-order chi connectivity index (χ1) is 11.9. The van der Waals surface area contributed by atoms with Gasteiger partial charge in [0, 0.05) is 14.1 Å². The zero-order valence-corrected chi connectivity index (χ0v) is 14.5. The molecule has 0 fully saturated rings. The van der Waals surface area contributed by atoms with Crippen LogP contribution in [0.5, 0.6) is 0 Å². The number of aromatic nitrogens is 4. The van der Waals surface area contributed by atoms with Crippen LogP contribution in [0.15, 0.2) is 45.1 Å². The Bertz CT molecular complexity index is 1070. The number of carboxylic acids is 1. The fraction of sp³-hybridized carbons (Fsp3) is 0.250. The van der Waals surface area contributed by atoms with Gasteiger partial charge in [-0.25, -0.2) is 9.78 Å². The summed E-state index contributed by atoms with van der Waals surface area (Å²) in [7, 11) is 2.95. The van der Waals surface area contributed by atoms with Crippen LogP contribution in [0, 0.1) is 0 Å². The molecule has 0 spiro atoms. The van der Waals surface area contributed by atoms with E-state index in [0.717, 1.165) is 21.9 Å². The van der Waals surface area contributed by atoms with Gasteiger partial charge in [-0.2, -0.15) is 0 Å². The number of rotatable bonds is 5. The van der Waals surface area contributed by atoms with Gasteiger partial charge in [0.05, 0.1) is 12.3 Å². The van der Waals surface area contributed by atoms with E-state index in [9.17, 15) is 14.4 Å². The normalized spacial score (nSPS) is 11.1. The summed E-state index contributed by atoms with van der Waals surface area (Å²) < 4.78 is 3.99. The minimum absolute atomic E-state index is 0.188. The van der Waals surface area contributed by atoms with Crippen LogP contribution in [0.4, 0.5) is 0 Å². The van der Waals surface area contributed by atoms with Gasteiger partial charge in [-0.1, -0.05) is 42.1 Å². The molecule has 1 N–H and O–H groups in total. The summed E-state index contributed by atoms with van der Waals surface area (Å²) in [4.78, 5) is 40.0. The lowest BCUT2D eigenvalue weighted by atomic mass is 10.2. The SMILES string of the molecule is Cn1c(=O)c2c(nc(SCC(=O)O)n2Cc2ccccc2)n(C)c1=O. The lowest BCUT2D eigenvalue weighted by molar-refractivity contribution is -0.133. The Balaban J connectivity index is 2.26. The molecule has 3 rings (SSSR count). The third-order valence-corrected chi connectivity index (χ3v) is 4.78. The molecule has 0 amide bonds. The fourth-order valence-electron chi connectivity index (χ4n) is 2.58. The Morgan fingerprint density at radius 3 is 2.48 bits per heavy atom. The second-order valence-corrected chi connectivity index (χ2v) is 6.47. The first-order valence-corrected chi connectivity index (χ1v) is 8.43. The number of imidazole rings is 1. The van der Waals surface area contributed by atoms with Crippen molar-refractivity contribution in [1.29, 1.82) is 0 Å². The summed E-state index contributed by atoms with van der Waals surface area (Å²) in [5.74, 6) is -1.17. The number of hydrogen-bond acceptors (Lipinski definition) is 5. The highest BCUT2D eigenvalue weighted by Crippen LogP contribution is 2.22. The lowest BCUT2D eigenvalue weighted by Crippen LogP contribution is -2.37. The Morgan fingerprint density at radius 1 is 1.16 bits per heavy atom. The Morgan fingerprint density at radius 2 is 1.84 bits per heavy atom. The highest BCUT2D eigenvalue weighted by atomic mass is 32.2. The molecule has 8 nitrogen and oxygen atoms in total. The van der Waals surface area contributed by atoms with Crippen LogP contribution in [-0.2, 0) is 25.4 Å². The fourth-order valence-corrected chi connectivity index (χ4v) is 3.29. The highest BCUT2D eigenvalue weighted by molar-refractivity contribution is 7.99. The second kappa shape index (κ2) is 6.60. The number of carbonyl (C=O) groups is 1. The van der Waals surface area contributed by atoms with Crippen LogP contribution in [0.1, 0.15) is 5.56 Å². The highest BCUT2D eigenvalue weighted by Gasteiger charge is 2.20. The number of thioether (sulfide) groups is 1. The number of carboxylic acid groups (broad SMARTS) is 1. The Kier molecular flexibility index (Phi) is 4.49. The van der Waals surface area contributed by atoms with Crippen LogP contribution in [0.2, 0.25) is 0 Å². The summed E-state index contributed by atoms with van der Waals surface area (Å²) in [5.41, 5.74) is 0.536. The molecule has 0 saturated carbocycles. The predicted molar refractivity (Wildman–Crippen MR) is 94.1 cm³/mol. The average molecular weight is 360 g/mol. The monoisotopic (exact) mass is 360 g/mol. The first kappa shape index (κ1) is 17.0. The smallest absolute Gasteiger partial charge is 0.332 e. The maximum absolute atomic E-state index is 12.6. The molecule has 2 heterocycles. The average Bonchev–Trinajstić information content (AvgIpc) is 2.95. The molecular formula is C16H16N4O4S. The van der Waals surface area contributed by atoms with E-state index in [1.807, 2.05) is 30.3 Å². The van der Waals surface area contributed by atoms with Crippen LogP contribution >= 0.6 is 11.8 Å². The molecule has 0 atom stereocenters. The van der Waals surface area contributed by atoms with Crippen LogP contribution in [0.3, 0.4) is 0 Å². The van der Waals surface area contributed by atoms with E-state index in [4.69, 9.17) is 5.11 Å². The first-order valence-electron chi connectivity index (χ1n) is 7.45. The van der Waals surface area contributed by atoms with Crippen molar-refractivity contribution in [2.75, 3.05) is 5.75 Å². The van der Waals surface area contributed by atoms with Gasteiger partial charge in [0.2, 0.25) is 0 Å². The minimum Gasteiger partial charge on any atom is -0.481 e. The van der Waals surface area contributed by atoms with E-state index in [1.54, 1.807) is 4.57 Å². The third kappa shape index (κ3) is 3.10. The zero-order valence-electron chi connectivity index (χ0n) is 13.7. The van der Waals surface area contributed by atoms with Crippen molar-refractivity contribution in [3.05, 3.63) is 56.7 Å². The van der Waals surface area contributed by atoms with Crippen molar-refractivity contribution in [3.8, 4) is 0 Å². The quantitative estimate of drug-likeness (QED) is 0.671. The number of aliphatic carboxylic acids is 1. The Hall–Kier alpha value is -2.81. The summed E-state index contributed by atoms with van der Waals surface area (Å²) >= 11 is 1.02. The topological polar surface area (TPSA) is 99.1 Å². The molecule has 1 aromatic carbocycles. The van der Waals surface area contributed by atoms with Crippen molar-refractivity contribution in [2.45, 2.75) is 11.7 Å². The molecule has 0 radical (unpaired) electrons.